The maximum Gasteiger partial charge on any atom is 0.230 e. The van der Waals surface area contributed by atoms with Crippen molar-refractivity contribution in [2.24, 2.45) is 7.05 Å². The normalized spacial score (nSPS) is 15.6. The van der Waals surface area contributed by atoms with Crippen LogP contribution in [0, 0.1) is 0 Å². The molecule has 9 nitrogen and oxygen atoms in total. The first-order chi connectivity index (χ1) is 9.72. The number of aryl methyl sites for hydroxylation is 1. The summed E-state index contributed by atoms with van der Waals surface area (Å²) in [4.78, 5) is 14.6. The Labute approximate surface area is 123 Å². The lowest BCUT2D eigenvalue weighted by molar-refractivity contribution is 0.122. The summed E-state index contributed by atoms with van der Waals surface area (Å²) in [5, 5.41) is 12.4. The minimum Gasteiger partial charge on any atom is -0.378 e. The zero-order valence-corrected chi connectivity index (χ0v) is 12.2. The second kappa shape index (κ2) is 5.85. The molecule has 1 aliphatic heterocycles. The van der Waals surface area contributed by atoms with Crippen LogP contribution in [0.25, 0.3) is 0 Å². The van der Waals surface area contributed by atoms with E-state index in [2.05, 4.69) is 30.5 Å². The van der Waals surface area contributed by atoms with Crippen LogP contribution in [0.4, 0.5) is 5.95 Å². The molecular weight excluding hydrogens is 304 g/mol. The van der Waals surface area contributed by atoms with Gasteiger partial charge in [0.2, 0.25) is 21.5 Å². The molecule has 106 valence electrons. The lowest BCUT2D eigenvalue weighted by Crippen LogP contribution is -2.37. The molecule has 2 aromatic rings. The van der Waals surface area contributed by atoms with Crippen molar-refractivity contribution in [2.45, 2.75) is 10.3 Å². The minimum absolute atomic E-state index is 0.152. The Morgan fingerprint density at radius 3 is 2.70 bits per heavy atom. The van der Waals surface area contributed by atoms with Gasteiger partial charge >= 0.3 is 0 Å². The molecular formula is C9H11ClN8OS. The first kappa shape index (κ1) is 13.5. The molecule has 11 heteroatoms. The highest BCUT2D eigenvalue weighted by Crippen LogP contribution is 2.24. The van der Waals surface area contributed by atoms with Crippen LogP contribution in [0.15, 0.2) is 10.3 Å². The van der Waals surface area contributed by atoms with E-state index in [1.54, 1.807) is 7.05 Å². The highest BCUT2D eigenvalue weighted by Gasteiger charge is 2.17. The van der Waals surface area contributed by atoms with Crippen LogP contribution in [-0.2, 0) is 11.8 Å². The Morgan fingerprint density at radius 1 is 1.20 bits per heavy atom. The van der Waals surface area contributed by atoms with Gasteiger partial charge in [-0.2, -0.15) is 15.0 Å². The molecule has 1 aliphatic rings. The molecule has 20 heavy (non-hydrogen) atoms. The molecule has 2 aromatic heterocycles. The third-order valence-corrected chi connectivity index (χ3v) is 3.70. The van der Waals surface area contributed by atoms with Crippen molar-refractivity contribution in [3.63, 3.8) is 0 Å². The number of halogens is 1. The fourth-order valence-corrected chi connectivity index (χ4v) is 2.54. The van der Waals surface area contributed by atoms with E-state index in [-0.39, 0.29) is 5.28 Å². The first-order valence-corrected chi connectivity index (χ1v) is 7.06. The molecule has 1 fully saturated rings. The fraction of sp³-hybridized carbons (Fsp3) is 0.556. The lowest BCUT2D eigenvalue weighted by Gasteiger charge is -2.26. The second-order valence-electron chi connectivity index (χ2n) is 3.97. The average molecular weight is 315 g/mol. The van der Waals surface area contributed by atoms with Crippen molar-refractivity contribution < 1.29 is 4.74 Å². The van der Waals surface area contributed by atoms with E-state index in [1.165, 1.54) is 16.4 Å². The topological polar surface area (TPSA) is 94.7 Å². The summed E-state index contributed by atoms with van der Waals surface area (Å²) in [5.74, 6) is 0.547. The number of tetrazole rings is 1. The van der Waals surface area contributed by atoms with Crippen LogP contribution < -0.4 is 4.90 Å². The Bertz CT molecular complexity index is 601. The molecule has 0 saturated carbocycles. The summed E-state index contributed by atoms with van der Waals surface area (Å²) in [7, 11) is 1.74. The van der Waals surface area contributed by atoms with Gasteiger partial charge in [0, 0.05) is 20.1 Å². The number of aromatic nitrogens is 7. The molecule has 0 spiro atoms. The van der Waals surface area contributed by atoms with Crippen molar-refractivity contribution in [1.82, 2.24) is 35.2 Å². The smallest absolute Gasteiger partial charge is 0.230 e. The molecule has 0 aromatic carbocycles. The Hall–Kier alpha value is -1.52. The number of hydrogen-bond acceptors (Lipinski definition) is 9. The number of anilines is 1. The van der Waals surface area contributed by atoms with Gasteiger partial charge in [-0.15, -0.1) is 5.10 Å². The van der Waals surface area contributed by atoms with Gasteiger partial charge in [-0.05, 0) is 33.8 Å². The zero-order valence-electron chi connectivity index (χ0n) is 10.6. The number of morpholine rings is 1. The van der Waals surface area contributed by atoms with Crippen molar-refractivity contribution in [2.75, 3.05) is 31.2 Å². The highest BCUT2D eigenvalue weighted by molar-refractivity contribution is 7.99. The predicted molar refractivity (Wildman–Crippen MR) is 70.8 cm³/mol. The molecule has 0 amide bonds. The summed E-state index contributed by atoms with van der Waals surface area (Å²) in [6.45, 7) is 2.77. The van der Waals surface area contributed by atoms with Crippen LogP contribution in [0.1, 0.15) is 0 Å². The monoisotopic (exact) mass is 314 g/mol. The van der Waals surface area contributed by atoms with Crippen LogP contribution >= 0.6 is 23.4 Å². The van der Waals surface area contributed by atoms with E-state index in [0.717, 1.165) is 13.1 Å². The molecule has 0 atom stereocenters. The van der Waals surface area contributed by atoms with Gasteiger partial charge in [0.15, 0.2) is 0 Å². The van der Waals surface area contributed by atoms with Gasteiger partial charge in [-0.25, -0.2) is 4.68 Å². The summed E-state index contributed by atoms with van der Waals surface area (Å²) in [6.07, 6.45) is 0. The minimum atomic E-state index is 0.152. The molecule has 0 N–H and O–H groups in total. The van der Waals surface area contributed by atoms with Crippen molar-refractivity contribution in [3.8, 4) is 0 Å². The van der Waals surface area contributed by atoms with Gasteiger partial charge in [-0.1, -0.05) is 0 Å². The largest absolute Gasteiger partial charge is 0.378 e. The number of ether oxygens (including phenoxy) is 1. The van der Waals surface area contributed by atoms with Gasteiger partial charge < -0.3 is 9.64 Å². The maximum atomic E-state index is 5.96. The molecule has 3 heterocycles. The zero-order chi connectivity index (χ0) is 13.9. The second-order valence-corrected chi connectivity index (χ2v) is 5.25. The average Bonchev–Trinajstić information content (AvgIpc) is 2.85. The lowest BCUT2D eigenvalue weighted by atomic mass is 10.4. The van der Waals surface area contributed by atoms with E-state index < -0.39 is 0 Å². The Kier molecular flexibility index (Phi) is 3.94. The Morgan fingerprint density at radius 2 is 2.00 bits per heavy atom. The summed E-state index contributed by atoms with van der Waals surface area (Å²) >= 11 is 7.19. The van der Waals surface area contributed by atoms with E-state index >= 15 is 0 Å². The van der Waals surface area contributed by atoms with E-state index in [1.807, 2.05) is 4.90 Å². The van der Waals surface area contributed by atoms with Crippen LogP contribution in [0.2, 0.25) is 5.28 Å². The quantitative estimate of drug-likeness (QED) is 0.777. The number of nitrogens with zero attached hydrogens (tertiary/aromatic N) is 8. The number of rotatable bonds is 3. The molecule has 0 unspecified atom stereocenters. The number of hydrogen-bond donors (Lipinski definition) is 0. The third-order valence-electron chi connectivity index (χ3n) is 2.63. The van der Waals surface area contributed by atoms with Gasteiger partial charge in [0.05, 0.1) is 13.2 Å². The van der Waals surface area contributed by atoms with Crippen molar-refractivity contribution in [1.29, 1.82) is 0 Å². The molecule has 1 saturated heterocycles. The van der Waals surface area contributed by atoms with Gasteiger partial charge in [0.25, 0.3) is 0 Å². The first-order valence-electron chi connectivity index (χ1n) is 5.87. The van der Waals surface area contributed by atoms with Crippen LogP contribution in [0.3, 0.4) is 0 Å². The van der Waals surface area contributed by atoms with Gasteiger partial charge in [-0.3, -0.25) is 0 Å². The molecule has 0 bridgehead atoms. The van der Waals surface area contributed by atoms with E-state index in [9.17, 15) is 0 Å². The summed E-state index contributed by atoms with van der Waals surface area (Å²) < 4.78 is 6.84. The molecule has 0 radical (unpaired) electrons. The summed E-state index contributed by atoms with van der Waals surface area (Å²) in [5.41, 5.74) is 0. The molecule has 3 rings (SSSR count). The van der Waals surface area contributed by atoms with E-state index in [0.29, 0.717) is 29.5 Å². The van der Waals surface area contributed by atoms with E-state index in [4.69, 9.17) is 16.3 Å². The SMILES string of the molecule is Cn1nnnc1Sc1nc(Cl)nc(N2CCOCC2)n1. The fourth-order valence-electron chi connectivity index (χ4n) is 1.66. The Balaban J connectivity index is 1.84. The van der Waals surface area contributed by atoms with Crippen molar-refractivity contribution in [3.05, 3.63) is 5.28 Å². The molecule has 0 aliphatic carbocycles. The predicted octanol–water partition coefficient (Wildman–Crippen LogP) is 0.0363. The highest BCUT2D eigenvalue weighted by atomic mass is 35.5. The van der Waals surface area contributed by atoms with Crippen LogP contribution in [0.5, 0.6) is 0 Å². The summed E-state index contributed by atoms with van der Waals surface area (Å²) in [6, 6.07) is 0. The van der Waals surface area contributed by atoms with Gasteiger partial charge in [0.1, 0.15) is 0 Å². The third kappa shape index (κ3) is 2.97. The maximum absolute atomic E-state index is 5.96. The standard InChI is InChI=1S/C9H11ClN8OS/c1-17-9(14-15-16-17)20-8-12-6(10)11-7(13-8)18-2-4-19-5-3-18/h2-5H2,1H3. The van der Waals surface area contributed by atoms with Crippen molar-refractivity contribution >= 4 is 29.3 Å². The van der Waals surface area contributed by atoms with Crippen LogP contribution in [-0.4, -0.2) is 61.5 Å².